The molecule has 7 nitrogen and oxygen atoms in total. The molecule has 182 valence electrons. The molecule has 0 spiro atoms. The van der Waals surface area contributed by atoms with Crippen molar-refractivity contribution in [1.29, 1.82) is 0 Å². The van der Waals surface area contributed by atoms with E-state index in [1.165, 1.54) is 13.2 Å². The Morgan fingerprint density at radius 1 is 1.15 bits per heavy atom. The van der Waals surface area contributed by atoms with Gasteiger partial charge in [-0.2, -0.15) is 26.3 Å². The number of esters is 1. The Morgan fingerprint density at radius 3 is 2.50 bits per heavy atom. The summed E-state index contributed by atoms with van der Waals surface area (Å²) in [5.41, 5.74) is -1.94. The van der Waals surface area contributed by atoms with Gasteiger partial charge in [-0.15, -0.1) is 0 Å². The smallest absolute Gasteiger partial charge is 0.490 e. The Bertz CT molecular complexity index is 1130. The van der Waals surface area contributed by atoms with Crippen molar-refractivity contribution in [2.24, 2.45) is 0 Å². The Labute approximate surface area is 188 Å². The number of nitrogens with zero attached hydrogens (tertiary/aromatic N) is 1. The number of piperazine rings is 1. The molecule has 4 rings (SSSR count). The SMILES string of the molecule is COc1ccccc1Nc1cc2c(c(C(F)(F)F)c1)C(=O)N1CCNC(OC(=O)C(F)(F)F)[C@@H]21. The first-order valence-corrected chi connectivity index (χ1v) is 9.89. The summed E-state index contributed by atoms with van der Waals surface area (Å²) in [5.74, 6) is -3.21. The summed E-state index contributed by atoms with van der Waals surface area (Å²) >= 11 is 0. The van der Waals surface area contributed by atoms with Crippen LogP contribution in [-0.2, 0) is 15.7 Å². The summed E-state index contributed by atoms with van der Waals surface area (Å²) in [5, 5.41) is 5.33. The number of halogens is 6. The molecule has 34 heavy (non-hydrogen) atoms. The van der Waals surface area contributed by atoms with Gasteiger partial charge in [0, 0.05) is 18.8 Å². The molecule has 2 atom stereocenters. The molecule has 2 aromatic carbocycles. The number of amides is 1. The number of fused-ring (bicyclic) bond motifs is 3. The molecule has 0 bridgehead atoms. The van der Waals surface area contributed by atoms with Crippen LogP contribution >= 0.6 is 0 Å². The average Bonchev–Trinajstić information content (AvgIpc) is 3.05. The molecule has 13 heteroatoms. The highest BCUT2D eigenvalue weighted by Gasteiger charge is 2.52. The van der Waals surface area contributed by atoms with E-state index in [-0.39, 0.29) is 24.3 Å². The molecule has 2 aliphatic rings. The zero-order valence-electron chi connectivity index (χ0n) is 17.4. The summed E-state index contributed by atoms with van der Waals surface area (Å²) in [6.07, 6.45) is -12.0. The van der Waals surface area contributed by atoms with Crippen molar-refractivity contribution in [3.63, 3.8) is 0 Å². The number of rotatable bonds is 4. The van der Waals surface area contributed by atoms with Gasteiger partial charge >= 0.3 is 18.3 Å². The zero-order valence-corrected chi connectivity index (χ0v) is 17.4. The number of benzene rings is 2. The van der Waals surface area contributed by atoms with E-state index in [1.54, 1.807) is 24.3 Å². The van der Waals surface area contributed by atoms with Gasteiger partial charge in [0.2, 0.25) is 0 Å². The van der Waals surface area contributed by atoms with Crippen molar-refractivity contribution >= 4 is 23.3 Å². The second-order valence-electron chi connectivity index (χ2n) is 7.53. The van der Waals surface area contributed by atoms with E-state index >= 15 is 0 Å². The van der Waals surface area contributed by atoms with Crippen LogP contribution in [0.15, 0.2) is 36.4 Å². The third-order valence-electron chi connectivity index (χ3n) is 5.44. The average molecular weight is 489 g/mol. The van der Waals surface area contributed by atoms with Gasteiger partial charge in [0.25, 0.3) is 5.91 Å². The highest BCUT2D eigenvalue weighted by Crippen LogP contribution is 2.46. The van der Waals surface area contributed by atoms with E-state index in [2.05, 4.69) is 15.4 Å². The summed E-state index contributed by atoms with van der Waals surface area (Å²) in [6.45, 7) is -0.176. The maximum atomic E-state index is 13.9. The third kappa shape index (κ3) is 4.22. The van der Waals surface area contributed by atoms with Gasteiger partial charge in [-0.1, -0.05) is 12.1 Å². The molecule has 1 unspecified atom stereocenters. The Morgan fingerprint density at radius 2 is 1.85 bits per heavy atom. The number of alkyl halides is 6. The van der Waals surface area contributed by atoms with Gasteiger partial charge in [0.05, 0.1) is 23.9 Å². The summed E-state index contributed by atoms with van der Waals surface area (Å²) in [7, 11) is 1.37. The molecule has 1 fully saturated rings. The fraction of sp³-hybridized carbons (Fsp3) is 0.333. The minimum absolute atomic E-state index is 0.0836. The molecular weight excluding hydrogens is 472 g/mol. The number of para-hydroxylation sites is 2. The number of methoxy groups -OCH3 is 1. The van der Waals surface area contributed by atoms with Gasteiger partial charge in [-0.05, 0) is 29.8 Å². The standard InChI is InChI=1S/C21H17F6N3O4/c1-33-14-5-3-2-4-13(14)29-10-8-11-15(12(9-10)20(22,23)24)18(31)30-7-6-28-17(16(11)30)34-19(32)21(25,26)27/h2-5,8-9,16-17,28-29H,6-7H2,1H3/t16-,17?/m1/s1. The Balaban J connectivity index is 1.81. The zero-order chi connectivity index (χ0) is 24.8. The van der Waals surface area contributed by atoms with E-state index in [4.69, 9.17) is 4.74 Å². The van der Waals surface area contributed by atoms with E-state index in [0.717, 1.165) is 11.0 Å². The first kappa shape index (κ1) is 23.7. The maximum absolute atomic E-state index is 13.9. The van der Waals surface area contributed by atoms with Gasteiger partial charge < -0.3 is 19.7 Å². The number of carbonyl (C=O) groups is 2. The van der Waals surface area contributed by atoms with Gasteiger partial charge in [-0.3, -0.25) is 10.1 Å². The molecule has 0 radical (unpaired) electrons. The van der Waals surface area contributed by atoms with E-state index in [0.29, 0.717) is 11.4 Å². The Kier molecular flexibility index (Phi) is 5.84. The fourth-order valence-electron chi connectivity index (χ4n) is 4.07. The number of carbonyl (C=O) groups excluding carboxylic acids is 2. The van der Waals surface area contributed by atoms with Crippen LogP contribution in [0, 0.1) is 0 Å². The highest BCUT2D eigenvalue weighted by atomic mass is 19.4. The number of ether oxygens (including phenoxy) is 2. The third-order valence-corrected chi connectivity index (χ3v) is 5.44. The van der Waals surface area contributed by atoms with Crippen LogP contribution in [0.5, 0.6) is 5.75 Å². The van der Waals surface area contributed by atoms with Crippen LogP contribution in [0.3, 0.4) is 0 Å². The number of hydrogen-bond donors (Lipinski definition) is 2. The van der Waals surface area contributed by atoms with E-state index in [1.807, 2.05) is 0 Å². The van der Waals surface area contributed by atoms with Crippen molar-refractivity contribution in [1.82, 2.24) is 10.2 Å². The van der Waals surface area contributed by atoms with Crippen molar-refractivity contribution in [3.05, 3.63) is 53.1 Å². The number of hydrogen-bond acceptors (Lipinski definition) is 6. The Hall–Kier alpha value is -3.48. The summed E-state index contributed by atoms with van der Waals surface area (Å²) < 4.78 is 89.8. The number of anilines is 2. The molecule has 1 amide bonds. The van der Waals surface area contributed by atoms with Crippen molar-refractivity contribution in [2.75, 3.05) is 25.5 Å². The van der Waals surface area contributed by atoms with Crippen molar-refractivity contribution in [3.8, 4) is 5.75 Å². The van der Waals surface area contributed by atoms with Gasteiger partial charge in [-0.25, -0.2) is 4.79 Å². The summed E-state index contributed by atoms with van der Waals surface area (Å²) in [4.78, 5) is 25.3. The van der Waals surface area contributed by atoms with Crippen LogP contribution in [0.4, 0.5) is 37.7 Å². The lowest BCUT2D eigenvalue weighted by atomic mass is 9.96. The predicted molar refractivity (Wildman–Crippen MR) is 105 cm³/mol. The molecular formula is C21H17F6N3O4. The molecule has 2 aromatic rings. The van der Waals surface area contributed by atoms with Crippen LogP contribution < -0.4 is 15.4 Å². The predicted octanol–water partition coefficient (Wildman–Crippen LogP) is 3.99. The van der Waals surface area contributed by atoms with E-state index in [9.17, 15) is 35.9 Å². The van der Waals surface area contributed by atoms with Crippen LogP contribution in [0.1, 0.15) is 27.5 Å². The summed E-state index contributed by atoms with van der Waals surface area (Å²) in [6, 6.07) is 6.97. The van der Waals surface area contributed by atoms with Crippen LogP contribution in [0.2, 0.25) is 0 Å². The molecule has 0 aromatic heterocycles. The first-order valence-electron chi connectivity index (χ1n) is 9.89. The molecule has 2 N–H and O–H groups in total. The molecule has 2 heterocycles. The lowest BCUT2D eigenvalue weighted by molar-refractivity contribution is -0.210. The number of nitrogens with one attached hydrogen (secondary N) is 2. The topological polar surface area (TPSA) is 79.9 Å². The maximum Gasteiger partial charge on any atom is 0.490 e. The van der Waals surface area contributed by atoms with Gasteiger partial charge in [0.15, 0.2) is 6.23 Å². The second-order valence-corrected chi connectivity index (χ2v) is 7.53. The second kappa shape index (κ2) is 8.38. The monoisotopic (exact) mass is 489 g/mol. The fourth-order valence-corrected chi connectivity index (χ4v) is 4.07. The first-order chi connectivity index (χ1) is 15.9. The minimum atomic E-state index is -5.32. The van der Waals surface area contributed by atoms with Gasteiger partial charge in [0.1, 0.15) is 11.8 Å². The minimum Gasteiger partial charge on any atom is -0.495 e. The highest BCUT2D eigenvalue weighted by molar-refractivity contribution is 6.02. The lowest BCUT2D eigenvalue weighted by Gasteiger charge is -2.37. The van der Waals surface area contributed by atoms with Crippen molar-refractivity contribution in [2.45, 2.75) is 24.6 Å². The lowest BCUT2D eigenvalue weighted by Crippen LogP contribution is -2.54. The molecule has 0 aliphatic carbocycles. The van der Waals surface area contributed by atoms with Crippen LogP contribution in [-0.4, -0.2) is 49.4 Å². The van der Waals surface area contributed by atoms with Crippen molar-refractivity contribution < 1.29 is 45.4 Å². The van der Waals surface area contributed by atoms with E-state index < -0.39 is 47.6 Å². The normalized spacial score (nSPS) is 20.0. The molecule has 1 saturated heterocycles. The van der Waals surface area contributed by atoms with Crippen LogP contribution in [0.25, 0.3) is 0 Å². The molecule has 0 saturated carbocycles. The largest absolute Gasteiger partial charge is 0.495 e. The molecule has 2 aliphatic heterocycles. The quantitative estimate of drug-likeness (QED) is 0.500.